The summed E-state index contributed by atoms with van der Waals surface area (Å²) in [4.78, 5) is 4.46. The Labute approximate surface area is 770 Å². The summed E-state index contributed by atoms with van der Waals surface area (Å²) in [6, 6.07) is 98.7. The van der Waals surface area contributed by atoms with Gasteiger partial charge in [0.25, 0.3) is 6.71 Å². The molecule has 6 nitrogen and oxygen atoms in total. The first-order chi connectivity index (χ1) is 70.0. The molecule has 19 aromatic carbocycles. The molecular formula is C122H85BN6. The molecule has 0 atom stereocenters. The molecule has 7 heteroatoms. The largest absolute Gasteiger partial charge is 0.310 e. The first-order valence-corrected chi connectivity index (χ1v) is 44.0. The van der Waals surface area contributed by atoms with E-state index in [9.17, 15) is 21.9 Å². The van der Waals surface area contributed by atoms with Gasteiger partial charge < -0.3 is 27.7 Å². The van der Waals surface area contributed by atoms with Crippen molar-refractivity contribution in [1.82, 2.24) is 17.9 Å². The number of para-hydroxylation sites is 7. The lowest BCUT2D eigenvalue weighted by molar-refractivity contribution is 0.590. The van der Waals surface area contributed by atoms with Crippen LogP contribution in [0.3, 0.4) is 0 Å². The maximum atomic E-state index is 12.3. The van der Waals surface area contributed by atoms with Crippen molar-refractivity contribution >= 4 is 177 Å². The third kappa shape index (κ3) is 10.7. The van der Waals surface area contributed by atoms with Crippen LogP contribution in [0.25, 0.3) is 198 Å². The molecule has 0 bridgehead atoms. The summed E-state index contributed by atoms with van der Waals surface area (Å²) in [5, 5.41) is 7.95. The fourth-order valence-electron chi connectivity index (χ4n) is 21.4. The molecule has 25 aromatic rings. The molecule has 0 fully saturated rings. The lowest BCUT2D eigenvalue weighted by Crippen LogP contribution is -2.61. The molecular weight excluding hydrogens is 1560 g/mol. The SMILES string of the molecule is [2H]c1c2c3c(c([2H])c1C(C)(C)C)N(c1c(-c4ccccc4)cc(C(C)(C)C)cc1-c1ccccc1)c1cc(-n4c5c([2H])c([2H])c([2H])c([2H])c5c5c([2H])c([2H])c(-c6ccccc6)c([2H])c54)ccc1B3c1ccc(-n3c4c([2H])c([2H])c([2H])c([2H])c4c4c([2H])c([2H])c(-c5ccccc5)c([2H])c43)cc1N2c1c(-c2cc3c4ccccc4n4c5ccccc5c(c2)c34)cccc1-c1cc2c3ccccc3n3c4ccccc4c(c1)c23. The minimum absolute atomic E-state index is 0.00940. The van der Waals surface area contributed by atoms with Crippen LogP contribution in [0.15, 0.2) is 406 Å². The van der Waals surface area contributed by atoms with Gasteiger partial charge in [0.15, 0.2) is 0 Å². The number of fused-ring (bicyclic) bond motifs is 22. The highest BCUT2D eigenvalue weighted by Gasteiger charge is 2.47. The van der Waals surface area contributed by atoms with Crippen molar-refractivity contribution in [2.75, 3.05) is 9.80 Å². The normalized spacial score (nSPS) is 14.7. The van der Waals surface area contributed by atoms with E-state index in [1.807, 2.05) is 106 Å². The highest BCUT2D eigenvalue weighted by Crippen LogP contribution is 2.58. The number of aromatic nitrogens is 4. The second kappa shape index (κ2) is 27.3. The Hall–Kier alpha value is -16.0. The zero-order chi connectivity index (χ0) is 99.5. The van der Waals surface area contributed by atoms with Crippen LogP contribution in [0, 0.1) is 0 Å². The van der Waals surface area contributed by atoms with Crippen LogP contribution in [0.5, 0.6) is 0 Å². The summed E-state index contributed by atoms with van der Waals surface area (Å²) in [5.41, 5.74) is 18.6. The Kier molecular flexibility index (Phi) is 12.5. The molecule has 0 amide bonds. The van der Waals surface area contributed by atoms with E-state index in [0.717, 1.165) is 126 Å². The maximum absolute atomic E-state index is 12.3. The van der Waals surface area contributed by atoms with E-state index >= 15 is 0 Å². The van der Waals surface area contributed by atoms with Gasteiger partial charge in [-0.25, -0.2) is 0 Å². The smallest absolute Gasteiger partial charge is 0.252 e. The average Bonchev–Trinajstić information content (AvgIpc) is 0.890. The van der Waals surface area contributed by atoms with Crippen LogP contribution < -0.4 is 26.2 Å². The third-order valence-corrected chi connectivity index (χ3v) is 27.2. The predicted octanol–water partition coefficient (Wildman–Crippen LogP) is 30.9. The highest BCUT2D eigenvalue weighted by molar-refractivity contribution is 7.00. The number of hydrogen-bond donors (Lipinski definition) is 0. The number of anilines is 6. The first-order valence-electron chi connectivity index (χ1n) is 52.0. The number of hydrogen-bond acceptors (Lipinski definition) is 2. The lowest BCUT2D eigenvalue weighted by Gasteiger charge is -2.46. The molecule has 2 aliphatic heterocycles. The Morgan fingerprint density at radius 3 is 0.977 bits per heavy atom. The van der Waals surface area contributed by atoms with Gasteiger partial charge in [0.2, 0.25) is 0 Å². The Balaban J connectivity index is 0.870. The van der Waals surface area contributed by atoms with Crippen molar-refractivity contribution in [1.29, 1.82) is 0 Å². The topological polar surface area (TPSA) is 25.2 Å². The molecule has 6 aromatic heterocycles. The Morgan fingerprint density at radius 2 is 0.589 bits per heavy atom. The highest BCUT2D eigenvalue weighted by atomic mass is 15.2. The van der Waals surface area contributed by atoms with E-state index in [1.165, 1.54) is 0 Å². The molecule has 0 radical (unpaired) electrons. The van der Waals surface area contributed by atoms with E-state index in [1.54, 1.807) is 57.7 Å². The molecule has 0 unspecified atom stereocenters. The fourth-order valence-corrected chi connectivity index (χ4v) is 21.4. The number of nitrogens with zero attached hydrogens (tertiary/aromatic N) is 6. The number of rotatable bonds is 10. The van der Waals surface area contributed by atoms with E-state index in [-0.39, 0.29) is 109 Å². The van der Waals surface area contributed by atoms with Gasteiger partial charge in [-0.1, -0.05) is 326 Å². The fraction of sp³-hybridized carbons (Fsp3) is 0.0656. The Morgan fingerprint density at radius 1 is 0.240 bits per heavy atom. The summed E-state index contributed by atoms with van der Waals surface area (Å²) in [5.74, 6) is 0. The molecule has 0 N–H and O–H groups in total. The van der Waals surface area contributed by atoms with Gasteiger partial charge in [0.1, 0.15) is 0 Å². The third-order valence-electron chi connectivity index (χ3n) is 27.2. The van der Waals surface area contributed by atoms with Gasteiger partial charge in [-0.05, 0) is 204 Å². The molecule has 606 valence electrons. The van der Waals surface area contributed by atoms with Crippen LogP contribution in [0.4, 0.5) is 34.1 Å². The molecule has 0 aliphatic carbocycles. The average molecular weight is 1660 g/mol. The summed E-state index contributed by atoms with van der Waals surface area (Å²) < 4.78 is 173. The molecule has 0 saturated carbocycles. The van der Waals surface area contributed by atoms with Crippen LogP contribution in [-0.4, -0.2) is 24.6 Å². The van der Waals surface area contributed by atoms with Gasteiger partial charge in [0.05, 0.1) is 88.5 Å². The summed E-state index contributed by atoms with van der Waals surface area (Å²) in [6.45, 7) is 11.7. The van der Waals surface area contributed by atoms with Crippen molar-refractivity contribution in [3.05, 3.63) is 417 Å². The van der Waals surface area contributed by atoms with Crippen molar-refractivity contribution in [3.63, 3.8) is 0 Å². The lowest BCUT2D eigenvalue weighted by atomic mass is 9.33. The molecule has 129 heavy (non-hydrogen) atoms. The minimum Gasteiger partial charge on any atom is -0.310 e. The van der Waals surface area contributed by atoms with Gasteiger partial charge in [-0.3, -0.25) is 0 Å². The number of benzene rings is 19. The molecule has 27 rings (SSSR count). The zero-order valence-corrected chi connectivity index (χ0v) is 71.2. The van der Waals surface area contributed by atoms with Crippen LogP contribution in [-0.2, 0) is 10.8 Å². The zero-order valence-electron chi connectivity index (χ0n) is 87.2. The summed E-state index contributed by atoms with van der Waals surface area (Å²) in [7, 11) is 0. The van der Waals surface area contributed by atoms with Gasteiger partial charge in [-0.2, -0.15) is 0 Å². The first kappa shape index (κ1) is 59.0. The van der Waals surface area contributed by atoms with Crippen LogP contribution in [0.1, 0.15) is 74.6 Å². The van der Waals surface area contributed by atoms with E-state index in [0.29, 0.717) is 72.9 Å². The van der Waals surface area contributed by atoms with Gasteiger partial charge in [0, 0.05) is 121 Å². The van der Waals surface area contributed by atoms with Gasteiger partial charge >= 0.3 is 0 Å². The minimum atomic E-state index is -1.09. The quantitative estimate of drug-likeness (QED) is 0.128. The standard InChI is InChI=1S/C122H85BN6/c1-121(2,3)82-68-96(76-36-15-9-16-37-76)118(97(69-82)77-38-17-10-18-39-77)129-113-73-85(125-105-49-26-20-41-89(105)95-59-55-79(67-111(95)125)75-34-13-8-14-35-75)57-61-103(113)123-102-60-56-84(124-104-48-25-19-40-88(104)94-58-54-78(66-110(94)124)74-32-11-7-12-33-74)72-112(102)128(114-70-83(122(4,5)6)71-115(129)116(114)123)117-86(80-62-98-90-42-21-27-50-106(90)126-107-51-28-22-43-91(107)99(63-80)119(98)126)46-31-47-87(117)81-64-100-92-44-23-29-52-108(92)127-109-53-30-24-45-93(109)101(65-81)120(100)127/h7-73H,1-6H3/i19D,20D,25D,26D,40D,41D,48D,49D,54D,55D,58D,59D,66D,67D,70D,71D. The van der Waals surface area contributed by atoms with Crippen molar-refractivity contribution < 1.29 is 21.9 Å². The summed E-state index contributed by atoms with van der Waals surface area (Å²) in [6.07, 6.45) is 0. The second-order valence-electron chi connectivity index (χ2n) is 36.6. The Bertz CT molecular complexity index is 9650. The molecule has 0 saturated heterocycles. The van der Waals surface area contributed by atoms with Crippen LogP contribution >= 0.6 is 0 Å². The summed E-state index contributed by atoms with van der Waals surface area (Å²) >= 11 is 0. The predicted molar refractivity (Wildman–Crippen MR) is 548 cm³/mol. The van der Waals surface area contributed by atoms with E-state index in [2.05, 4.69) is 215 Å². The monoisotopic (exact) mass is 1660 g/mol. The van der Waals surface area contributed by atoms with Crippen LogP contribution in [0.2, 0.25) is 0 Å². The molecule has 8 heterocycles. The van der Waals surface area contributed by atoms with Crippen molar-refractivity contribution in [2.45, 2.75) is 52.4 Å². The van der Waals surface area contributed by atoms with Crippen molar-refractivity contribution in [2.24, 2.45) is 0 Å². The van der Waals surface area contributed by atoms with Crippen molar-refractivity contribution in [3.8, 4) is 78.1 Å². The maximum Gasteiger partial charge on any atom is 0.252 e. The van der Waals surface area contributed by atoms with E-state index < -0.39 is 65.9 Å². The second-order valence-corrected chi connectivity index (χ2v) is 36.6. The molecule has 2 aliphatic rings. The van der Waals surface area contributed by atoms with E-state index in [4.69, 9.17) is 0 Å². The molecule has 0 spiro atoms. The van der Waals surface area contributed by atoms with Gasteiger partial charge in [-0.15, -0.1) is 0 Å².